The van der Waals surface area contributed by atoms with Gasteiger partial charge in [0.15, 0.2) is 0 Å². The van der Waals surface area contributed by atoms with Gasteiger partial charge < -0.3 is 15.4 Å². The number of rotatable bonds is 1. The van der Waals surface area contributed by atoms with Crippen molar-refractivity contribution in [2.75, 3.05) is 24.3 Å². The van der Waals surface area contributed by atoms with E-state index < -0.39 is 0 Å². The van der Waals surface area contributed by atoms with Crippen LogP contribution in [0.3, 0.4) is 0 Å². The molecule has 2 aliphatic rings. The van der Waals surface area contributed by atoms with Crippen LogP contribution in [0.2, 0.25) is 0 Å². The number of nitrogens with one attached hydrogen (secondary N) is 2. The predicted octanol–water partition coefficient (Wildman–Crippen LogP) is 3.63. The van der Waals surface area contributed by atoms with Crippen LogP contribution in [0, 0.1) is 0 Å². The first kappa shape index (κ1) is 11.7. The molecule has 0 saturated heterocycles. The molecule has 1 aromatic rings. The first-order valence-electron chi connectivity index (χ1n) is 7.01. The summed E-state index contributed by atoms with van der Waals surface area (Å²) in [5, 5.41) is 7.37. The molecule has 3 heteroatoms. The summed E-state index contributed by atoms with van der Waals surface area (Å²) in [6.45, 7) is 1.05. The van der Waals surface area contributed by atoms with Gasteiger partial charge in [-0.3, -0.25) is 0 Å². The Balaban J connectivity index is 1.86. The number of methoxy groups -OCH3 is 1. The van der Waals surface area contributed by atoms with Crippen molar-refractivity contribution in [1.82, 2.24) is 0 Å². The Morgan fingerprint density at radius 2 is 1.83 bits per heavy atom. The zero-order valence-electron chi connectivity index (χ0n) is 11.1. The molecule has 3 nitrogen and oxygen atoms in total. The second kappa shape index (κ2) is 4.71. The van der Waals surface area contributed by atoms with Gasteiger partial charge in [-0.2, -0.15) is 0 Å². The predicted molar refractivity (Wildman–Crippen MR) is 75.5 cm³/mol. The fourth-order valence-electron chi connectivity index (χ4n) is 3.21. The molecule has 0 aromatic heterocycles. The molecule has 1 aliphatic heterocycles. The van der Waals surface area contributed by atoms with Gasteiger partial charge in [0.2, 0.25) is 0 Å². The molecule has 3 rings (SSSR count). The molecule has 1 saturated carbocycles. The Labute approximate surface area is 109 Å². The third kappa shape index (κ3) is 2.14. The van der Waals surface area contributed by atoms with Crippen LogP contribution < -0.4 is 15.4 Å². The Hall–Kier alpha value is -1.38. The van der Waals surface area contributed by atoms with Crippen LogP contribution in [0.15, 0.2) is 18.2 Å². The number of benzene rings is 1. The maximum atomic E-state index is 5.31. The second-order valence-corrected chi connectivity index (χ2v) is 5.58. The summed E-state index contributed by atoms with van der Waals surface area (Å²) < 4.78 is 5.31. The van der Waals surface area contributed by atoms with Gasteiger partial charge in [-0.05, 0) is 25.0 Å². The van der Waals surface area contributed by atoms with Crippen molar-refractivity contribution in [2.45, 2.75) is 44.1 Å². The lowest BCUT2D eigenvalue weighted by Gasteiger charge is -2.40. The molecule has 1 aliphatic carbocycles. The maximum absolute atomic E-state index is 5.31. The molecule has 1 spiro atoms. The van der Waals surface area contributed by atoms with E-state index in [2.05, 4.69) is 22.8 Å². The van der Waals surface area contributed by atoms with Gasteiger partial charge in [-0.1, -0.05) is 25.7 Å². The van der Waals surface area contributed by atoms with Gasteiger partial charge >= 0.3 is 0 Å². The van der Waals surface area contributed by atoms with Crippen LogP contribution in [0.1, 0.15) is 38.5 Å². The third-order valence-corrected chi connectivity index (χ3v) is 4.30. The molecule has 2 N–H and O–H groups in total. The van der Waals surface area contributed by atoms with E-state index in [0.717, 1.165) is 12.3 Å². The molecule has 0 amide bonds. The minimum absolute atomic E-state index is 0.260. The average Bonchev–Trinajstić information content (AvgIpc) is 2.64. The largest absolute Gasteiger partial charge is 0.497 e. The Morgan fingerprint density at radius 3 is 2.56 bits per heavy atom. The molecule has 1 fully saturated rings. The van der Waals surface area contributed by atoms with Crippen molar-refractivity contribution in [1.29, 1.82) is 0 Å². The highest BCUT2D eigenvalue weighted by Crippen LogP contribution is 2.38. The van der Waals surface area contributed by atoms with Gasteiger partial charge in [0, 0.05) is 12.6 Å². The highest BCUT2D eigenvalue weighted by Gasteiger charge is 2.34. The summed E-state index contributed by atoms with van der Waals surface area (Å²) in [6, 6.07) is 6.22. The van der Waals surface area contributed by atoms with Crippen molar-refractivity contribution >= 4 is 11.4 Å². The lowest BCUT2D eigenvalue weighted by Crippen LogP contribution is -2.47. The molecule has 1 heterocycles. The zero-order chi connectivity index (χ0) is 12.4. The summed E-state index contributed by atoms with van der Waals surface area (Å²) in [7, 11) is 1.72. The number of anilines is 2. The molecule has 0 bridgehead atoms. The molecule has 18 heavy (non-hydrogen) atoms. The maximum Gasteiger partial charge on any atom is 0.121 e. The van der Waals surface area contributed by atoms with Crippen LogP contribution in [0.4, 0.5) is 11.4 Å². The van der Waals surface area contributed by atoms with E-state index in [-0.39, 0.29) is 5.54 Å². The van der Waals surface area contributed by atoms with Crippen LogP contribution in [0.25, 0.3) is 0 Å². The van der Waals surface area contributed by atoms with Crippen LogP contribution >= 0.6 is 0 Å². The van der Waals surface area contributed by atoms with E-state index >= 15 is 0 Å². The molecule has 0 radical (unpaired) electrons. The number of hydrogen-bond donors (Lipinski definition) is 2. The Bertz CT molecular complexity index is 423. The monoisotopic (exact) mass is 246 g/mol. The van der Waals surface area contributed by atoms with Gasteiger partial charge in [0.05, 0.1) is 24.0 Å². The third-order valence-electron chi connectivity index (χ3n) is 4.30. The van der Waals surface area contributed by atoms with Crippen LogP contribution in [-0.4, -0.2) is 19.2 Å². The van der Waals surface area contributed by atoms with Crippen molar-refractivity contribution in [3.63, 3.8) is 0 Å². The fraction of sp³-hybridized carbons (Fsp3) is 0.600. The zero-order valence-corrected chi connectivity index (χ0v) is 11.1. The van der Waals surface area contributed by atoms with E-state index in [4.69, 9.17) is 4.74 Å². The molecule has 0 unspecified atom stereocenters. The number of ether oxygens (including phenoxy) is 1. The van der Waals surface area contributed by atoms with E-state index in [9.17, 15) is 0 Å². The number of hydrogen-bond acceptors (Lipinski definition) is 3. The average molecular weight is 246 g/mol. The molecule has 98 valence electrons. The topological polar surface area (TPSA) is 33.3 Å². The lowest BCUT2D eigenvalue weighted by molar-refractivity contribution is 0.410. The molecule has 0 atom stereocenters. The normalized spacial score (nSPS) is 21.4. The van der Waals surface area contributed by atoms with Crippen LogP contribution in [-0.2, 0) is 0 Å². The van der Waals surface area contributed by atoms with Crippen molar-refractivity contribution < 1.29 is 4.74 Å². The molecular weight excluding hydrogens is 224 g/mol. The van der Waals surface area contributed by atoms with Crippen molar-refractivity contribution in [3.8, 4) is 5.75 Å². The van der Waals surface area contributed by atoms with E-state index in [1.807, 2.05) is 6.07 Å². The lowest BCUT2D eigenvalue weighted by atomic mass is 9.87. The second-order valence-electron chi connectivity index (χ2n) is 5.58. The highest BCUT2D eigenvalue weighted by atomic mass is 16.5. The molecule has 1 aromatic carbocycles. The quantitative estimate of drug-likeness (QED) is 0.794. The van der Waals surface area contributed by atoms with Gasteiger partial charge in [-0.15, -0.1) is 0 Å². The Kier molecular flexibility index (Phi) is 3.06. The highest BCUT2D eigenvalue weighted by molar-refractivity contribution is 5.74. The van der Waals surface area contributed by atoms with E-state index in [1.54, 1.807) is 7.11 Å². The SMILES string of the molecule is COc1ccc2c(c1)NC1(CCCCCC1)CN2. The fourth-order valence-corrected chi connectivity index (χ4v) is 3.21. The van der Waals surface area contributed by atoms with Gasteiger partial charge in [0.1, 0.15) is 5.75 Å². The smallest absolute Gasteiger partial charge is 0.121 e. The molecular formula is C15H22N2O. The van der Waals surface area contributed by atoms with Crippen LogP contribution in [0.5, 0.6) is 5.75 Å². The summed E-state index contributed by atoms with van der Waals surface area (Å²) in [4.78, 5) is 0. The minimum atomic E-state index is 0.260. The van der Waals surface area contributed by atoms with E-state index in [1.165, 1.54) is 49.9 Å². The van der Waals surface area contributed by atoms with Crippen molar-refractivity contribution in [2.24, 2.45) is 0 Å². The first-order valence-corrected chi connectivity index (χ1v) is 7.01. The summed E-state index contributed by atoms with van der Waals surface area (Å²) in [6.07, 6.45) is 8.00. The summed E-state index contributed by atoms with van der Waals surface area (Å²) in [5.41, 5.74) is 2.66. The van der Waals surface area contributed by atoms with Gasteiger partial charge in [0.25, 0.3) is 0 Å². The van der Waals surface area contributed by atoms with E-state index in [0.29, 0.717) is 0 Å². The standard InChI is InChI=1S/C15H22N2O/c1-18-12-6-7-13-14(10-12)17-15(11-16-13)8-4-2-3-5-9-15/h6-7,10,16-17H,2-5,8-9,11H2,1H3. The number of fused-ring (bicyclic) bond motifs is 1. The van der Waals surface area contributed by atoms with Gasteiger partial charge in [-0.25, -0.2) is 0 Å². The Morgan fingerprint density at radius 1 is 1.06 bits per heavy atom. The summed E-state index contributed by atoms with van der Waals surface area (Å²) in [5.74, 6) is 0.925. The minimum Gasteiger partial charge on any atom is -0.497 e. The first-order chi connectivity index (χ1) is 8.81. The van der Waals surface area contributed by atoms with Crippen molar-refractivity contribution in [3.05, 3.63) is 18.2 Å². The summed E-state index contributed by atoms with van der Waals surface area (Å²) >= 11 is 0.